The Balaban J connectivity index is 1.26. The highest BCUT2D eigenvalue weighted by atomic mass is 32.2. The molecule has 3 aromatic rings. The average molecular weight is 516 g/mol. The Morgan fingerprint density at radius 1 is 1.06 bits per heavy atom. The van der Waals surface area contributed by atoms with Crippen molar-refractivity contribution >= 4 is 33.0 Å². The fourth-order valence-corrected chi connectivity index (χ4v) is 5.57. The fourth-order valence-electron chi connectivity index (χ4n) is 3.97. The van der Waals surface area contributed by atoms with Crippen LogP contribution in [-0.2, 0) is 27.6 Å². The van der Waals surface area contributed by atoms with E-state index in [9.17, 15) is 22.4 Å². The first-order chi connectivity index (χ1) is 16.7. The molecular formula is C25H26FN3O4S2. The summed E-state index contributed by atoms with van der Waals surface area (Å²) in [7, 11) is -3.26. The lowest BCUT2D eigenvalue weighted by molar-refractivity contribution is -0.131. The van der Waals surface area contributed by atoms with E-state index in [0.717, 1.165) is 35.2 Å². The smallest absolute Gasteiger partial charge is 0.271 e. The highest BCUT2D eigenvalue weighted by molar-refractivity contribution is 7.90. The first-order valence-corrected chi connectivity index (χ1v) is 14.0. The predicted octanol–water partition coefficient (Wildman–Crippen LogP) is 3.56. The summed E-state index contributed by atoms with van der Waals surface area (Å²) >= 11 is 1.45. The van der Waals surface area contributed by atoms with E-state index in [1.54, 1.807) is 29.6 Å². The van der Waals surface area contributed by atoms with Gasteiger partial charge in [0.05, 0.1) is 16.3 Å². The summed E-state index contributed by atoms with van der Waals surface area (Å²) < 4.78 is 36.2. The van der Waals surface area contributed by atoms with Crippen molar-refractivity contribution in [3.63, 3.8) is 0 Å². The van der Waals surface area contributed by atoms with Crippen molar-refractivity contribution in [3.8, 4) is 0 Å². The number of benzene rings is 2. The van der Waals surface area contributed by atoms with Crippen LogP contribution in [0.3, 0.4) is 0 Å². The molecule has 35 heavy (non-hydrogen) atoms. The molecular weight excluding hydrogens is 489 g/mol. The van der Waals surface area contributed by atoms with Crippen LogP contribution in [-0.4, -0.2) is 49.5 Å². The van der Waals surface area contributed by atoms with Crippen molar-refractivity contribution in [1.29, 1.82) is 0 Å². The number of thiazole rings is 1. The second-order valence-electron chi connectivity index (χ2n) is 8.63. The van der Waals surface area contributed by atoms with Crippen LogP contribution in [0, 0.1) is 5.82 Å². The van der Waals surface area contributed by atoms with Crippen molar-refractivity contribution in [1.82, 2.24) is 15.2 Å². The number of hydrogen-bond donors (Lipinski definition) is 1. The van der Waals surface area contributed by atoms with Gasteiger partial charge in [-0.15, -0.1) is 11.3 Å². The average Bonchev–Trinajstić information content (AvgIpc) is 3.34. The number of hydrogen-bond acceptors (Lipinski definition) is 6. The summed E-state index contributed by atoms with van der Waals surface area (Å²) in [5, 5.41) is 5.44. The van der Waals surface area contributed by atoms with Gasteiger partial charge in [0, 0.05) is 37.2 Å². The number of carbonyl (C=O) groups is 2. The third-order valence-electron chi connectivity index (χ3n) is 6.02. The maximum atomic E-state index is 13.1. The lowest BCUT2D eigenvalue weighted by Gasteiger charge is -2.31. The third-order valence-corrected chi connectivity index (χ3v) is 8.16. The third kappa shape index (κ3) is 6.52. The van der Waals surface area contributed by atoms with E-state index in [2.05, 4.69) is 10.3 Å². The van der Waals surface area contributed by atoms with Crippen LogP contribution in [0.4, 0.5) is 4.39 Å². The van der Waals surface area contributed by atoms with Gasteiger partial charge < -0.3 is 10.2 Å². The van der Waals surface area contributed by atoms with Crippen molar-refractivity contribution in [2.75, 3.05) is 19.3 Å². The maximum absolute atomic E-state index is 13.1. The number of amides is 2. The molecule has 0 bridgehead atoms. The fraction of sp³-hybridized carbons (Fsp3) is 0.320. The highest BCUT2D eigenvalue weighted by Gasteiger charge is 2.26. The summed E-state index contributed by atoms with van der Waals surface area (Å²) in [6.07, 6.45) is 2.95. The van der Waals surface area contributed by atoms with Crippen LogP contribution in [0.2, 0.25) is 0 Å². The lowest BCUT2D eigenvalue weighted by atomic mass is 9.97. The number of carbonyl (C=O) groups excluding carboxylic acids is 2. The molecule has 1 aromatic heterocycles. The number of aromatic nitrogens is 1. The summed E-state index contributed by atoms with van der Waals surface area (Å²) in [6.45, 7) is 1.51. The summed E-state index contributed by atoms with van der Waals surface area (Å²) in [6, 6.07) is 12.4. The molecule has 7 nitrogen and oxygen atoms in total. The van der Waals surface area contributed by atoms with Crippen LogP contribution in [0.25, 0.3) is 0 Å². The van der Waals surface area contributed by atoms with Crippen LogP contribution in [0.15, 0.2) is 58.8 Å². The zero-order valence-corrected chi connectivity index (χ0v) is 20.9. The molecule has 0 aliphatic carbocycles. The first kappa shape index (κ1) is 25.0. The molecule has 1 N–H and O–H groups in total. The Bertz CT molecular complexity index is 1300. The minimum atomic E-state index is -3.26. The number of piperidine rings is 1. The zero-order valence-electron chi connectivity index (χ0n) is 19.2. The molecule has 1 aliphatic rings. The molecule has 0 atom stereocenters. The molecule has 4 rings (SSSR count). The number of nitrogens with zero attached hydrogens (tertiary/aromatic N) is 2. The van der Waals surface area contributed by atoms with Crippen LogP contribution in [0.1, 0.15) is 45.4 Å². The van der Waals surface area contributed by atoms with Gasteiger partial charge in [-0.05, 0) is 48.2 Å². The van der Waals surface area contributed by atoms with Crippen molar-refractivity contribution in [3.05, 3.63) is 81.6 Å². The van der Waals surface area contributed by atoms with E-state index in [0.29, 0.717) is 18.8 Å². The second kappa shape index (κ2) is 10.7. The second-order valence-corrected chi connectivity index (χ2v) is 11.5. The standard InChI is InChI=1S/C25H26FN3O4S2/c1-35(32,33)21-8-4-18(5-9-21)15-27-24(31)22-16-34-25(28-22)19-10-12-29(13-11-19)23(30)14-17-2-6-20(26)7-3-17/h2-9,16,19H,10-15H2,1H3,(H,27,31). The monoisotopic (exact) mass is 515 g/mol. The molecule has 0 radical (unpaired) electrons. The van der Waals surface area contributed by atoms with Gasteiger partial charge >= 0.3 is 0 Å². The summed E-state index contributed by atoms with van der Waals surface area (Å²) in [5.41, 5.74) is 1.94. The van der Waals surface area contributed by atoms with Gasteiger partial charge in [0.15, 0.2) is 9.84 Å². The first-order valence-electron chi connectivity index (χ1n) is 11.2. The van der Waals surface area contributed by atoms with Gasteiger partial charge in [-0.2, -0.15) is 0 Å². The van der Waals surface area contributed by atoms with E-state index in [1.807, 2.05) is 4.90 Å². The predicted molar refractivity (Wildman–Crippen MR) is 131 cm³/mol. The minimum Gasteiger partial charge on any atom is -0.347 e. The van der Waals surface area contributed by atoms with Gasteiger partial charge in [-0.25, -0.2) is 17.8 Å². The molecule has 1 fully saturated rings. The Hall–Kier alpha value is -3.11. The van der Waals surface area contributed by atoms with Gasteiger partial charge in [0.25, 0.3) is 5.91 Å². The number of likely N-dealkylation sites (tertiary alicyclic amines) is 1. The quantitative estimate of drug-likeness (QED) is 0.519. The molecule has 0 unspecified atom stereocenters. The minimum absolute atomic E-state index is 0.0267. The number of sulfone groups is 1. The summed E-state index contributed by atoms with van der Waals surface area (Å²) in [4.78, 5) is 31.7. The van der Waals surface area contributed by atoms with Gasteiger partial charge in [0.1, 0.15) is 11.5 Å². The largest absolute Gasteiger partial charge is 0.347 e. The molecule has 0 saturated carbocycles. The Labute approximate surface area is 207 Å². The van der Waals surface area contributed by atoms with E-state index in [-0.39, 0.29) is 41.4 Å². The molecule has 1 aliphatic heterocycles. The Kier molecular flexibility index (Phi) is 7.61. The van der Waals surface area contributed by atoms with Gasteiger partial charge in [-0.1, -0.05) is 24.3 Å². The number of halogens is 1. The van der Waals surface area contributed by atoms with E-state index in [1.165, 1.54) is 35.6 Å². The van der Waals surface area contributed by atoms with Crippen molar-refractivity contribution < 1.29 is 22.4 Å². The molecule has 184 valence electrons. The molecule has 2 amide bonds. The van der Waals surface area contributed by atoms with E-state index >= 15 is 0 Å². The molecule has 10 heteroatoms. The van der Waals surface area contributed by atoms with Crippen molar-refractivity contribution in [2.45, 2.75) is 36.6 Å². The Morgan fingerprint density at radius 3 is 2.31 bits per heavy atom. The van der Waals surface area contributed by atoms with E-state index < -0.39 is 9.84 Å². The lowest BCUT2D eigenvalue weighted by Crippen LogP contribution is -2.38. The van der Waals surface area contributed by atoms with Crippen LogP contribution < -0.4 is 5.32 Å². The maximum Gasteiger partial charge on any atom is 0.271 e. The molecule has 1 saturated heterocycles. The SMILES string of the molecule is CS(=O)(=O)c1ccc(CNC(=O)c2csc(C3CCN(C(=O)Cc4ccc(F)cc4)CC3)n2)cc1. The molecule has 0 spiro atoms. The number of rotatable bonds is 7. The highest BCUT2D eigenvalue weighted by Crippen LogP contribution is 2.30. The van der Waals surface area contributed by atoms with E-state index in [4.69, 9.17) is 0 Å². The topological polar surface area (TPSA) is 96.4 Å². The molecule has 2 heterocycles. The van der Waals surface area contributed by atoms with Gasteiger partial charge in [-0.3, -0.25) is 9.59 Å². The number of nitrogens with one attached hydrogen (secondary N) is 1. The Morgan fingerprint density at radius 2 is 1.69 bits per heavy atom. The zero-order chi connectivity index (χ0) is 25.0. The normalized spacial score (nSPS) is 14.6. The van der Waals surface area contributed by atoms with Crippen LogP contribution >= 0.6 is 11.3 Å². The van der Waals surface area contributed by atoms with Gasteiger partial charge in [0.2, 0.25) is 5.91 Å². The molecule has 2 aromatic carbocycles. The van der Waals surface area contributed by atoms with Crippen molar-refractivity contribution in [2.24, 2.45) is 0 Å². The van der Waals surface area contributed by atoms with Crippen LogP contribution in [0.5, 0.6) is 0 Å². The summed E-state index contributed by atoms with van der Waals surface area (Å²) in [5.74, 6) is -0.382.